The van der Waals surface area contributed by atoms with Gasteiger partial charge in [-0.1, -0.05) is 40.5 Å². The third kappa shape index (κ3) is 2.72. The van der Waals surface area contributed by atoms with Crippen LogP contribution in [-0.4, -0.2) is 25.8 Å². The van der Waals surface area contributed by atoms with Crippen molar-refractivity contribution < 1.29 is 8.42 Å². The highest BCUT2D eigenvalue weighted by atomic mass is 79.9. The van der Waals surface area contributed by atoms with Crippen LogP contribution in [0.1, 0.15) is 24.8 Å². The fraction of sp³-hybridized carbons (Fsp3) is 0.500. The molecule has 0 spiro atoms. The van der Waals surface area contributed by atoms with Gasteiger partial charge in [-0.05, 0) is 24.5 Å². The first-order valence-corrected chi connectivity index (χ1v) is 8.36. The molecule has 5 heteroatoms. The molecule has 0 unspecified atom stereocenters. The zero-order chi connectivity index (χ0) is 12.3. The lowest BCUT2D eigenvalue weighted by Crippen LogP contribution is -2.36. The number of benzene rings is 1. The molecular weight excluding hydrogens is 302 g/mol. The largest absolute Gasteiger partial charge is 0.243 e. The Morgan fingerprint density at radius 3 is 2.41 bits per heavy atom. The summed E-state index contributed by atoms with van der Waals surface area (Å²) in [5.74, 6) is 0. The third-order valence-electron chi connectivity index (χ3n) is 3.05. The summed E-state index contributed by atoms with van der Waals surface area (Å²) in [7, 11) is -3.30. The van der Waals surface area contributed by atoms with Crippen LogP contribution in [0.25, 0.3) is 0 Å². The number of nitrogens with zero attached hydrogens (tertiary/aromatic N) is 1. The minimum Gasteiger partial charge on any atom is -0.207 e. The van der Waals surface area contributed by atoms with Crippen LogP contribution in [0.2, 0.25) is 0 Å². The second-order valence-corrected chi connectivity index (χ2v) is 6.67. The maximum atomic E-state index is 12.5. The molecule has 2 rings (SSSR count). The lowest BCUT2D eigenvalue weighted by Gasteiger charge is -2.26. The van der Waals surface area contributed by atoms with Gasteiger partial charge in [-0.15, -0.1) is 0 Å². The first-order chi connectivity index (χ1) is 8.16. The van der Waals surface area contributed by atoms with E-state index < -0.39 is 10.0 Å². The molecule has 0 radical (unpaired) electrons. The fourth-order valence-corrected chi connectivity index (χ4v) is 4.52. The molecule has 1 fully saturated rings. The lowest BCUT2D eigenvalue weighted by molar-refractivity contribution is 0.346. The second-order valence-electron chi connectivity index (χ2n) is 4.21. The van der Waals surface area contributed by atoms with Gasteiger partial charge in [0.25, 0.3) is 0 Å². The van der Waals surface area contributed by atoms with Gasteiger partial charge in [0.05, 0.1) is 4.90 Å². The molecule has 0 atom stereocenters. The highest BCUT2D eigenvalue weighted by Gasteiger charge is 2.27. The van der Waals surface area contributed by atoms with Crippen LogP contribution in [-0.2, 0) is 15.4 Å². The van der Waals surface area contributed by atoms with Crippen LogP contribution in [0.3, 0.4) is 0 Å². The van der Waals surface area contributed by atoms with Crippen LogP contribution < -0.4 is 0 Å². The Kier molecular flexibility index (Phi) is 4.22. The smallest absolute Gasteiger partial charge is 0.207 e. The van der Waals surface area contributed by atoms with Gasteiger partial charge in [0.1, 0.15) is 0 Å². The van der Waals surface area contributed by atoms with E-state index in [0.29, 0.717) is 23.3 Å². The van der Waals surface area contributed by atoms with Crippen molar-refractivity contribution in [2.24, 2.45) is 0 Å². The van der Waals surface area contributed by atoms with Crippen molar-refractivity contribution in [3.8, 4) is 0 Å². The van der Waals surface area contributed by atoms with E-state index >= 15 is 0 Å². The molecule has 0 aromatic heterocycles. The van der Waals surface area contributed by atoms with E-state index in [1.807, 2.05) is 12.1 Å². The highest BCUT2D eigenvalue weighted by Crippen LogP contribution is 2.24. The van der Waals surface area contributed by atoms with E-state index in [-0.39, 0.29) is 0 Å². The van der Waals surface area contributed by atoms with E-state index in [1.165, 1.54) is 0 Å². The predicted molar refractivity (Wildman–Crippen MR) is 71.7 cm³/mol. The zero-order valence-electron chi connectivity index (χ0n) is 9.60. The van der Waals surface area contributed by atoms with Crippen LogP contribution in [0.4, 0.5) is 0 Å². The van der Waals surface area contributed by atoms with E-state index in [9.17, 15) is 8.42 Å². The molecule has 1 saturated heterocycles. The summed E-state index contributed by atoms with van der Waals surface area (Å²) in [6.07, 6.45) is 3.07. The Morgan fingerprint density at radius 1 is 1.12 bits per heavy atom. The fourth-order valence-electron chi connectivity index (χ4n) is 2.11. The van der Waals surface area contributed by atoms with E-state index in [2.05, 4.69) is 15.9 Å². The number of hydrogen-bond donors (Lipinski definition) is 0. The molecular formula is C12H16BrNO2S. The minimum absolute atomic E-state index is 0.443. The summed E-state index contributed by atoms with van der Waals surface area (Å²) in [6, 6.07) is 7.20. The number of alkyl halides is 1. The van der Waals surface area contributed by atoms with Crippen molar-refractivity contribution >= 4 is 26.0 Å². The monoisotopic (exact) mass is 317 g/mol. The third-order valence-corrected chi connectivity index (χ3v) is 5.65. The van der Waals surface area contributed by atoms with Crippen LogP contribution in [0.5, 0.6) is 0 Å². The standard InChI is InChI=1S/C12H16BrNO2S/c13-10-11-6-2-3-7-12(11)17(15,16)14-8-4-1-5-9-14/h2-3,6-7H,1,4-5,8-10H2. The molecule has 1 heterocycles. The summed E-state index contributed by atoms with van der Waals surface area (Å²) in [6.45, 7) is 1.30. The molecule has 0 bridgehead atoms. The van der Waals surface area contributed by atoms with Crippen LogP contribution in [0.15, 0.2) is 29.2 Å². The van der Waals surface area contributed by atoms with Gasteiger partial charge in [0.15, 0.2) is 0 Å². The minimum atomic E-state index is -3.30. The van der Waals surface area contributed by atoms with Crippen molar-refractivity contribution in [2.45, 2.75) is 29.5 Å². The summed E-state index contributed by atoms with van der Waals surface area (Å²) in [5, 5.41) is 0.566. The Hall–Kier alpha value is -0.390. The number of piperidine rings is 1. The van der Waals surface area contributed by atoms with Crippen molar-refractivity contribution in [1.29, 1.82) is 0 Å². The average molecular weight is 318 g/mol. The van der Waals surface area contributed by atoms with Gasteiger partial charge in [0.2, 0.25) is 10.0 Å². The molecule has 1 aromatic carbocycles. The molecule has 0 saturated carbocycles. The normalized spacial score (nSPS) is 18.2. The van der Waals surface area contributed by atoms with E-state index in [0.717, 1.165) is 24.8 Å². The van der Waals surface area contributed by atoms with Gasteiger partial charge < -0.3 is 0 Å². The molecule has 1 aliphatic heterocycles. The van der Waals surface area contributed by atoms with E-state index in [1.54, 1.807) is 16.4 Å². The second kappa shape index (κ2) is 5.50. The Balaban J connectivity index is 2.36. The zero-order valence-corrected chi connectivity index (χ0v) is 12.0. The van der Waals surface area contributed by atoms with Gasteiger partial charge in [0, 0.05) is 18.4 Å². The molecule has 0 N–H and O–H groups in total. The predicted octanol–water partition coefficient (Wildman–Crippen LogP) is 2.76. The molecule has 94 valence electrons. The van der Waals surface area contributed by atoms with Crippen LogP contribution in [0, 0.1) is 0 Å². The summed E-state index contributed by atoms with van der Waals surface area (Å²) in [5.41, 5.74) is 0.832. The van der Waals surface area contributed by atoms with Crippen molar-refractivity contribution in [1.82, 2.24) is 4.31 Å². The quantitative estimate of drug-likeness (QED) is 0.804. The van der Waals surface area contributed by atoms with Gasteiger partial charge in [-0.2, -0.15) is 4.31 Å². The number of rotatable bonds is 3. The highest BCUT2D eigenvalue weighted by molar-refractivity contribution is 9.08. The van der Waals surface area contributed by atoms with Gasteiger partial charge in [-0.3, -0.25) is 0 Å². The Labute approximate surface area is 111 Å². The number of sulfonamides is 1. The lowest BCUT2D eigenvalue weighted by atomic mass is 10.2. The van der Waals surface area contributed by atoms with Crippen molar-refractivity contribution in [2.75, 3.05) is 13.1 Å². The number of hydrogen-bond acceptors (Lipinski definition) is 2. The molecule has 17 heavy (non-hydrogen) atoms. The molecule has 0 amide bonds. The van der Waals surface area contributed by atoms with E-state index in [4.69, 9.17) is 0 Å². The summed E-state index contributed by atoms with van der Waals surface area (Å²) in [4.78, 5) is 0.443. The maximum Gasteiger partial charge on any atom is 0.243 e. The topological polar surface area (TPSA) is 37.4 Å². The van der Waals surface area contributed by atoms with Crippen molar-refractivity contribution in [3.63, 3.8) is 0 Å². The first kappa shape index (κ1) is 13.1. The van der Waals surface area contributed by atoms with Crippen LogP contribution >= 0.6 is 15.9 Å². The first-order valence-electron chi connectivity index (χ1n) is 5.80. The Bertz CT molecular complexity index is 481. The summed E-state index contributed by atoms with van der Waals surface area (Å²) < 4.78 is 26.6. The van der Waals surface area contributed by atoms with Crippen molar-refractivity contribution in [3.05, 3.63) is 29.8 Å². The Morgan fingerprint density at radius 2 is 1.76 bits per heavy atom. The molecule has 1 aliphatic rings. The molecule has 3 nitrogen and oxygen atoms in total. The maximum absolute atomic E-state index is 12.5. The number of halogens is 1. The SMILES string of the molecule is O=S(=O)(c1ccccc1CBr)N1CCCCC1. The molecule has 0 aliphatic carbocycles. The summed E-state index contributed by atoms with van der Waals surface area (Å²) >= 11 is 3.34. The average Bonchev–Trinajstić information content (AvgIpc) is 2.39. The molecule has 1 aromatic rings. The van der Waals surface area contributed by atoms with Gasteiger partial charge in [-0.25, -0.2) is 8.42 Å². The van der Waals surface area contributed by atoms with Gasteiger partial charge >= 0.3 is 0 Å².